The van der Waals surface area contributed by atoms with E-state index in [0.29, 0.717) is 24.3 Å². The predicted octanol–water partition coefficient (Wildman–Crippen LogP) is 5.01. The van der Waals surface area contributed by atoms with E-state index in [-0.39, 0.29) is 35.2 Å². The number of nitrogens with zero attached hydrogens (tertiary/aromatic N) is 2. The first-order valence-electron chi connectivity index (χ1n) is 12.0. The first-order valence-corrected chi connectivity index (χ1v) is 12.9. The summed E-state index contributed by atoms with van der Waals surface area (Å²) in [6.45, 7) is 12.3. The molecule has 4 atom stereocenters. The Labute approximate surface area is 211 Å². The average Bonchev–Trinajstić information content (AvgIpc) is 3.14. The Kier molecular flexibility index (Phi) is 6.51. The second kappa shape index (κ2) is 8.89. The van der Waals surface area contributed by atoms with Crippen LogP contribution in [0.1, 0.15) is 74.9 Å². The number of amides is 1. The van der Waals surface area contributed by atoms with Gasteiger partial charge in [-0.1, -0.05) is 26.8 Å². The second-order valence-corrected chi connectivity index (χ2v) is 12.4. The Morgan fingerprint density at radius 1 is 1.17 bits per heavy atom. The number of hydrogen-bond acceptors (Lipinski definition) is 7. The van der Waals surface area contributed by atoms with E-state index in [1.54, 1.807) is 31.4 Å². The fourth-order valence-electron chi connectivity index (χ4n) is 5.38. The van der Waals surface area contributed by atoms with Crippen molar-refractivity contribution >= 4 is 23.2 Å². The fourth-order valence-corrected chi connectivity index (χ4v) is 6.18. The molecule has 2 heterocycles. The summed E-state index contributed by atoms with van der Waals surface area (Å²) < 4.78 is 17.1. The van der Waals surface area contributed by atoms with Crippen molar-refractivity contribution in [1.29, 1.82) is 0 Å². The number of rotatable bonds is 6. The Bertz CT molecular complexity index is 1100. The van der Waals surface area contributed by atoms with Crippen LogP contribution in [0.5, 0.6) is 5.75 Å². The van der Waals surface area contributed by atoms with Gasteiger partial charge in [0, 0.05) is 36.1 Å². The predicted molar refractivity (Wildman–Crippen MR) is 135 cm³/mol. The molecule has 2 aromatic rings. The second-order valence-electron chi connectivity index (χ2n) is 11.5. The molecule has 35 heavy (non-hydrogen) atoms. The summed E-state index contributed by atoms with van der Waals surface area (Å²) >= 11 is 1.49. The van der Waals surface area contributed by atoms with Crippen molar-refractivity contribution in [2.45, 2.75) is 70.6 Å². The highest BCUT2D eigenvalue weighted by atomic mass is 32.1. The van der Waals surface area contributed by atoms with Crippen LogP contribution in [-0.4, -0.2) is 53.7 Å². The van der Waals surface area contributed by atoms with E-state index in [9.17, 15) is 9.59 Å². The van der Waals surface area contributed by atoms with Crippen LogP contribution in [-0.2, 0) is 19.7 Å². The van der Waals surface area contributed by atoms with Crippen molar-refractivity contribution in [3.05, 3.63) is 45.9 Å². The van der Waals surface area contributed by atoms with Crippen LogP contribution < -0.4 is 4.74 Å². The molecular formula is C27H36N2O5S. The van der Waals surface area contributed by atoms with Crippen LogP contribution in [0.3, 0.4) is 0 Å². The Morgan fingerprint density at radius 2 is 1.89 bits per heavy atom. The van der Waals surface area contributed by atoms with E-state index in [4.69, 9.17) is 14.2 Å². The summed E-state index contributed by atoms with van der Waals surface area (Å²) in [5.41, 5.74) is -0.352. The molecule has 1 aromatic heterocycles. The minimum Gasteiger partial charge on any atom is -0.496 e. The van der Waals surface area contributed by atoms with Crippen molar-refractivity contribution in [2.75, 3.05) is 20.8 Å². The van der Waals surface area contributed by atoms with Gasteiger partial charge in [0.15, 0.2) is 0 Å². The van der Waals surface area contributed by atoms with E-state index >= 15 is 0 Å². The SMILES string of the molecule is COC[C@@H]1[C@H](c2nccs2)N(C(=O)c2ccc(C(C)(C)C)c(OC)c2)[C@@]2(C(=O)OC(C)(C)C)C[C@@H]12. The van der Waals surface area contributed by atoms with Gasteiger partial charge in [0.2, 0.25) is 0 Å². The first-order chi connectivity index (χ1) is 16.3. The molecule has 0 radical (unpaired) electrons. The van der Waals surface area contributed by atoms with Gasteiger partial charge in [-0.3, -0.25) is 4.79 Å². The van der Waals surface area contributed by atoms with E-state index in [1.807, 2.05) is 38.3 Å². The lowest BCUT2D eigenvalue weighted by Gasteiger charge is -2.35. The third kappa shape index (κ3) is 4.47. The lowest BCUT2D eigenvalue weighted by atomic mass is 9.85. The standard InChI is InChI=1S/C27H36N2O5S/c1-25(2,3)18-10-9-16(13-20(18)33-8)23(30)29-21(22-28-11-12-35-22)17(15-32-7)19-14-27(19,29)24(31)34-26(4,5)6/h9-13,17,19,21H,14-15H2,1-8H3/t17-,19-,21+,27-/m0/s1. The van der Waals surface area contributed by atoms with Crippen LogP contribution in [0.4, 0.5) is 0 Å². The molecule has 2 fully saturated rings. The first kappa shape index (κ1) is 25.6. The number of carbonyl (C=O) groups is 2. The topological polar surface area (TPSA) is 78.0 Å². The quantitative estimate of drug-likeness (QED) is 0.519. The van der Waals surface area contributed by atoms with E-state index < -0.39 is 11.1 Å². The zero-order valence-corrected chi connectivity index (χ0v) is 22.7. The molecule has 1 aliphatic carbocycles. The molecule has 190 valence electrons. The van der Waals surface area contributed by atoms with Crippen LogP contribution >= 0.6 is 11.3 Å². The summed E-state index contributed by atoms with van der Waals surface area (Å²) in [6.07, 6.45) is 2.29. The molecule has 0 spiro atoms. The summed E-state index contributed by atoms with van der Waals surface area (Å²) in [5, 5.41) is 2.70. The van der Waals surface area contributed by atoms with Gasteiger partial charge in [-0.15, -0.1) is 11.3 Å². The minimum atomic E-state index is -1.03. The van der Waals surface area contributed by atoms with E-state index in [0.717, 1.165) is 10.6 Å². The summed E-state index contributed by atoms with van der Waals surface area (Å²) in [6, 6.07) is 5.18. The van der Waals surface area contributed by atoms with Crippen LogP contribution in [0, 0.1) is 11.8 Å². The highest BCUT2D eigenvalue weighted by Crippen LogP contribution is 2.66. The molecule has 0 bridgehead atoms. The van der Waals surface area contributed by atoms with Crippen molar-refractivity contribution in [1.82, 2.24) is 9.88 Å². The Hall–Kier alpha value is -2.45. The highest BCUT2D eigenvalue weighted by Gasteiger charge is 2.77. The molecule has 4 rings (SSSR count). The molecule has 0 unspecified atom stereocenters. The molecule has 1 aromatic carbocycles. The third-order valence-corrected chi connectivity index (χ3v) is 7.75. The van der Waals surface area contributed by atoms with Crippen LogP contribution in [0.15, 0.2) is 29.8 Å². The number of thiazole rings is 1. The molecule has 1 saturated heterocycles. The number of esters is 1. The summed E-state index contributed by atoms with van der Waals surface area (Å²) in [4.78, 5) is 34.2. The molecule has 0 N–H and O–H groups in total. The van der Waals surface area contributed by atoms with Crippen LogP contribution in [0.25, 0.3) is 0 Å². The maximum Gasteiger partial charge on any atom is 0.332 e. The lowest BCUT2D eigenvalue weighted by molar-refractivity contribution is -0.162. The van der Waals surface area contributed by atoms with Crippen molar-refractivity contribution in [2.24, 2.45) is 11.8 Å². The Morgan fingerprint density at radius 3 is 2.43 bits per heavy atom. The maximum atomic E-state index is 14.2. The largest absolute Gasteiger partial charge is 0.496 e. The number of piperidine rings is 1. The number of ether oxygens (including phenoxy) is 3. The molecule has 7 nitrogen and oxygen atoms in total. The van der Waals surface area contributed by atoms with Crippen LogP contribution in [0.2, 0.25) is 0 Å². The number of fused-ring (bicyclic) bond motifs is 1. The molecule has 1 amide bonds. The molecule has 2 aliphatic rings. The average molecular weight is 501 g/mol. The van der Waals surface area contributed by atoms with Gasteiger partial charge < -0.3 is 19.1 Å². The van der Waals surface area contributed by atoms with Crippen molar-refractivity contribution in [3.63, 3.8) is 0 Å². The summed E-state index contributed by atoms with van der Waals surface area (Å²) in [7, 11) is 3.26. The third-order valence-electron chi connectivity index (χ3n) is 6.91. The van der Waals surface area contributed by atoms with Crippen molar-refractivity contribution in [3.8, 4) is 5.75 Å². The highest BCUT2D eigenvalue weighted by molar-refractivity contribution is 7.09. The lowest BCUT2D eigenvalue weighted by Crippen LogP contribution is -2.49. The fraction of sp³-hybridized carbons (Fsp3) is 0.593. The van der Waals surface area contributed by atoms with Gasteiger partial charge in [0.25, 0.3) is 5.91 Å². The Balaban J connectivity index is 1.82. The molecule has 1 saturated carbocycles. The molecular weight excluding hydrogens is 464 g/mol. The molecule has 8 heteroatoms. The van der Waals surface area contributed by atoms with E-state index in [1.165, 1.54) is 11.3 Å². The number of hydrogen-bond donors (Lipinski definition) is 0. The smallest absolute Gasteiger partial charge is 0.332 e. The van der Waals surface area contributed by atoms with E-state index in [2.05, 4.69) is 25.8 Å². The van der Waals surface area contributed by atoms with Crippen molar-refractivity contribution < 1.29 is 23.8 Å². The number of aromatic nitrogens is 1. The maximum absolute atomic E-state index is 14.2. The van der Waals surface area contributed by atoms with Gasteiger partial charge >= 0.3 is 5.97 Å². The van der Waals surface area contributed by atoms with Gasteiger partial charge in [0.1, 0.15) is 21.9 Å². The minimum absolute atomic E-state index is 0.0501. The van der Waals surface area contributed by atoms with Gasteiger partial charge in [0.05, 0.1) is 19.8 Å². The normalized spacial score (nSPS) is 25.8. The number of carbonyl (C=O) groups excluding carboxylic acids is 2. The number of likely N-dealkylation sites (tertiary alicyclic amines) is 1. The zero-order chi connectivity index (χ0) is 25.8. The monoisotopic (exact) mass is 500 g/mol. The summed E-state index contributed by atoms with van der Waals surface area (Å²) in [5.74, 6) is -0.0394. The zero-order valence-electron chi connectivity index (χ0n) is 21.9. The molecule has 1 aliphatic heterocycles. The van der Waals surface area contributed by atoms with Gasteiger partial charge in [-0.25, -0.2) is 9.78 Å². The number of methoxy groups -OCH3 is 2. The van der Waals surface area contributed by atoms with Gasteiger partial charge in [-0.2, -0.15) is 0 Å². The number of benzene rings is 1. The van der Waals surface area contributed by atoms with Gasteiger partial charge in [-0.05, 0) is 50.3 Å².